The molecule has 4 atom stereocenters. The summed E-state index contributed by atoms with van der Waals surface area (Å²) in [7, 11) is 0. The number of piperidine rings is 1. The molecule has 7 nitrogen and oxygen atoms in total. The highest BCUT2D eigenvalue weighted by Crippen LogP contribution is 2.44. The van der Waals surface area contributed by atoms with Gasteiger partial charge in [0.15, 0.2) is 0 Å². The average Bonchev–Trinajstić information content (AvgIpc) is 3.72. The Morgan fingerprint density at radius 3 is 2.30 bits per heavy atom. The molecule has 2 aliphatic heterocycles. The zero-order valence-corrected chi connectivity index (χ0v) is 22.5. The number of primary amides is 1. The van der Waals surface area contributed by atoms with Crippen LogP contribution >= 0.6 is 23.2 Å². The summed E-state index contributed by atoms with van der Waals surface area (Å²) in [6.07, 6.45) is 7.92. The first-order chi connectivity index (χ1) is 17.7. The minimum Gasteiger partial charge on any atom is -0.772 e. The molecule has 1 aromatic heterocycles. The van der Waals surface area contributed by atoms with Gasteiger partial charge in [-0.25, -0.2) is 9.37 Å². The van der Waals surface area contributed by atoms with E-state index in [1.54, 1.807) is 18.2 Å². The Bertz CT molecular complexity index is 1180. The lowest BCUT2D eigenvalue weighted by Crippen LogP contribution is -2.46. The van der Waals surface area contributed by atoms with Gasteiger partial charge in [-0.2, -0.15) is 0 Å². The smallest absolute Gasteiger partial charge is 0.251 e. The van der Waals surface area contributed by atoms with Crippen LogP contribution in [0.2, 0.25) is 10.2 Å². The van der Waals surface area contributed by atoms with Crippen LogP contribution in [-0.2, 0) is 17.6 Å². The number of hydrogen-bond acceptors (Lipinski definition) is 6. The number of aromatic nitrogens is 1. The molecule has 200 valence electrons. The van der Waals surface area contributed by atoms with E-state index >= 15 is 0 Å². The molecule has 11 heteroatoms. The summed E-state index contributed by atoms with van der Waals surface area (Å²) in [5.74, 6) is -0.374. The number of fused-ring (bicyclic) bond motifs is 2. The number of benzene rings is 1. The van der Waals surface area contributed by atoms with Crippen molar-refractivity contribution in [2.24, 2.45) is 5.73 Å². The van der Waals surface area contributed by atoms with Gasteiger partial charge in [-0.05, 0) is 86.6 Å². The molecule has 2 saturated heterocycles. The predicted octanol–water partition coefficient (Wildman–Crippen LogP) is 5.11. The van der Waals surface area contributed by atoms with Crippen LogP contribution in [0, 0.1) is 5.82 Å². The van der Waals surface area contributed by atoms with Gasteiger partial charge < -0.3 is 15.0 Å². The number of halogens is 3. The normalized spacial score (nSPS) is 25.8. The predicted molar refractivity (Wildman–Crippen MR) is 139 cm³/mol. The topological polar surface area (TPSA) is 109 Å². The molecule has 2 saturated carbocycles. The quantitative estimate of drug-likeness (QED) is 0.367. The van der Waals surface area contributed by atoms with Crippen LogP contribution in [0.5, 0.6) is 5.88 Å². The minimum absolute atomic E-state index is 0.00610. The van der Waals surface area contributed by atoms with Gasteiger partial charge in [-0.1, -0.05) is 34.3 Å². The zero-order valence-electron chi connectivity index (χ0n) is 20.2. The second-order valence-electron chi connectivity index (χ2n) is 10.3. The van der Waals surface area contributed by atoms with Crippen LogP contribution in [0.25, 0.3) is 0 Å². The third-order valence-corrected chi connectivity index (χ3v) is 8.95. The number of amides is 1. The van der Waals surface area contributed by atoms with Crippen molar-refractivity contribution in [2.45, 2.75) is 87.3 Å². The number of hydrogen-bond donors (Lipinski definition) is 1. The first kappa shape index (κ1) is 26.8. The van der Waals surface area contributed by atoms with E-state index in [2.05, 4.69) is 9.88 Å². The van der Waals surface area contributed by atoms with Crippen molar-refractivity contribution >= 4 is 40.2 Å². The summed E-state index contributed by atoms with van der Waals surface area (Å²) >= 11 is 10.3. The second-order valence-corrected chi connectivity index (χ2v) is 12.4. The van der Waals surface area contributed by atoms with Crippen LogP contribution in [0.4, 0.5) is 4.39 Å². The van der Waals surface area contributed by atoms with E-state index in [0.717, 1.165) is 62.5 Å². The molecule has 2 unspecified atom stereocenters. The number of nitrogens with zero attached hydrogens (tertiary/aromatic N) is 2. The summed E-state index contributed by atoms with van der Waals surface area (Å²) in [6, 6.07) is 7.20. The lowest BCUT2D eigenvalue weighted by molar-refractivity contribution is 0.0420. The van der Waals surface area contributed by atoms with E-state index in [1.165, 1.54) is 6.07 Å². The largest absolute Gasteiger partial charge is 0.772 e. The lowest BCUT2D eigenvalue weighted by atomic mass is 9.95. The summed E-state index contributed by atoms with van der Waals surface area (Å²) in [6.45, 7) is 0.686. The van der Waals surface area contributed by atoms with E-state index in [1.807, 2.05) is 0 Å². The van der Waals surface area contributed by atoms with Crippen molar-refractivity contribution in [1.29, 1.82) is 0 Å². The van der Waals surface area contributed by atoms with Crippen molar-refractivity contribution in [2.75, 3.05) is 0 Å². The molecule has 0 spiro atoms. The molecule has 0 radical (unpaired) electrons. The Balaban J connectivity index is 0.000000412. The highest BCUT2D eigenvalue weighted by molar-refractivity contribution is 7.80. The molecule has 4 aliphatic rings. The van der Waals surface area contributed by atoms with Crippen LogP contribution in [0.3, 0.4) is 0 Å². The monoisotopic (exact) mass is 568 g/mol. The van der Waals surface area contributed by atoms with Crippen molar-refractivity contribution in [3.05, 3.63) is 56.9 Å². The molecule has 2 N–H and O–H groups in total. The Kier molecular flexibility index (Phi) is 8.07. The number of nitrogens with two attached hydrogens (primary N) is 1. The maximum atomic E-state index is 14.5. The molecule has 1 amide bonds. The highest BCUT2D eigenvalue weighted by Gasteiger charge is 2.42. The van der Waals surface area contributed by atoms with Crippen molar-refractivity contribution in [1.82, 2.24) is 9.88 Å². The first-order valence-corrected chi connectivity index (χ1v) is 14.5. The van der Waals surface area contributed by atoms with Gasteiger partial charge in [0.25, 0.3) is 5.91 Å². The molecule has 2 bridgehead atoms. The number of pyridine rings is 1. The number of carbonyl (C=O) groups excluding carboxylic acids is 1. The van der Waals surface area contributed by atoms with E-state index < -0.39 is 22.8 Å². The van der Waals surface area contributed by atoms with Gasteiger partial charge >= 0.3 is 0 Å². The summed E-state index contributed by atoms with van der Waals surface area (Å²) in [5.41, 5.74) is 7.41. The van der Waals surface area contributed by atoms with Gasteiger partial charge in [0.2, 0.25) is 5.88 Å². The van der Waals surface area contributed by atoms with Gasteiger partial charge in [-0.15, -0.1) is 0 Å². The Labute approximate surface area is 228 Å². The summed E-state index contributed by atoms with van der Waals surface area (Å²) < 4.78 is 40.2. The third-order valence-electron chi connectivity index (χ3n) is 7.52. The van der Waals surface area contributed by atoms with Gasteiger partial charge in [-0.3, -0.25) is 13.9 Å². The van der Waals surface area contributed by atoms with Crippen LogP contribution in [0.15, 0.2) is 24.3 Å². The zero-order chi connectivity index (χ0) is 26.3. The van der Waals surface area contributed by atoms with Crippen LogP contribution in [-0.4, -0.2) is 48.0 Å². The minimum atomic E-state index is -1.76. The molecule has 4 fully saturated rings. The number of ether oxygens (including phenoxy) is 1. The maximum absolute atomic E-state index is 14.5. The molecule has 2 aromatic rings. The fraction of sp³-hybridized carbons (Fsp3) is 0.538. The van der Waals surface area contributed by atoms with Crippen molar-refractivity contribution < 1.29 is 22.7 Å². The van der Waals surface area contributed by atoms with E-state index in [-0.39, 0.29) is 16.9 Å². The lowest BCUT2D eigenvalue weighted by Gasteiger charge is -2.39. The number of carbonyl (C=O) groups is 1. The van der Waals surface area contributed by atoms with Gasteiger partial charge in [0, 0.05) is 35.0 Å². The standard InChI is InChI=1S/C23H24Cl2FN3O2.C3H6O2S/c24-14-6-21(25)28-22(7-14)31-17-8-15-3-4-16(9-17)29(15)11-13-5-20(26)19(23(27)30)10-18(13)12-1-2-12;4-6(5)3-1-2-3/h5-7,10,12,15-17H,1-4,8-9,11H2,(H2,27,30);3H,1-2H2,(H,4,5)/p-1/t15-,16+,17?;. The van der Waals surface area contributed by atoms with Crippen molar-refractivity contribution in [3.63, 3.8) is 0 Å². The average molecular weight is 570 g/mol. The van der Waals surface area contributed by atoms with Gasteiger partial charge in [0.1, 0.15) is 17.1 Å². The van der Waals surface area contributed by atoms with Crippen LogP contribution in [0.1, 0.15) is 78.8 Å². The van der Waals surface area contributed by atoms with Crippen molar-refractivity contribution in [3.8, 4) is 5.88 Å². The summed E-state index contributed by atoms with van der Waals surface area (Å²) in [4.78, 5) is 18.3. The molecular weight excluding hydrogens is 540 g/mol. The molecule has 6 rings (SSSR count). The molecule has 37 heavy (non-hydrogen) atoms. The second kappa shape index (κ2) is 11.1. The molecule has 2 aliphatic carbocycles. The first-order valence-electron chi connectivity index (χ1n) is 12.6. The SMILES string of the molecule is NC(=O)c1cc(C2CC2)c(CN2[C@@H]3CC[C@H]2CC(Oc2cc(Cl)cc(Cl)n2)C3)cc1F.O=S([O-])C1CC1. The summed E-state index contributed by atoms with van der Waals surface area (Å²) in [5, 5.41) is 0.839. The molecule has 1 aromatic carbocycles. The Morgan fingerprint density at radius 2 is 1.78 bits per heavy atom. The maximum Gasteiger partial charge on any atom is 0.251 e. The van der Waals surface area contributed by atoms with E-state index in [4.69, 9.17) is 33.7 Å². The fourth-order valence-corrected chi connectivity index (χ4v) is 6.42. The Hall–Kier alpha value is -1.78. The molecular formula is C26H29Cl2FN3O4S-. The fourth-order valence-electron chi connectivity index (χ4n) is 5.44. The Morgan fingerprint density at radius 1 is 1.11 bits per heavy atom. The third kappa shape index (κ3) is 6.63. The van der Waals surface area contributed by atoms with Crippen LogP contribution < -0.4 is 10.5 Å². The van der Waals surface area contributed by atoms with E-state index in [9.17, 15) is 17.9 Å². The number of rotatable bonds is 7. The van der Waals surface area contributed by atoms with E-state index in [0.29, 0.717) is 40.6 Å². The van der Waals surface area contributed by atoms with Gasteiger partial charge in [0.05, 0.1) is 5.56 Å². The molecule has 3 heterocycles. The highest BCUT2D eigenvalue weighted by atomic mass is 35.5.